The van der Waals surface area contributed by atoms with Crippen molar-refractivity contribution in [2.45, 2.75) is 18.9 Å². The largest absolute Gasteiger partial charge is 0.497 e. The zero-order valence-electron chi connectivity index (χ0n) is 9.15. The lowest BCUT2D eigenvalue weighted by molar-refractivity contribution is 0.414. The summed E-state index contributed by atoms with van der Waals surface area (Å²) in [6.07, 6.45) is 2.33. The Morgan fingerprint density at radius 2 is 2.07 bits per heavy atom. The van der Waals surface area contributed by atoms with Crippen LogP contribution in [0.3, 0.4) is 0 Å². The van der Waals surface area contributed by atoms with Crippen molar-refractivity contribution in [3.63, 3.8) is 0 Å². The van der Waals surface area contributed by atoms with Crippen LogP contribution < -0.4 is 15.4 Å². The Balaban J connectivity index is 2.07. The molecule has 1 aromatic carbocycles. The summed E-state index contributed by atoms with van der Waals surface area (Å²) in [5, 5.41) is 0. The molecular weight excluding hydrogens is 188 g/mol. The van der Waals surface area contributed by atoms with Crippen LogP contribution in [-0.2, 0) is 0 Å². The van der Waals surface area contributed by atoms with Crippen LogP contribution in [0.1, 0.15) is 12.8 Å². The zero-order chi connectivity index (χ0) is 10.7. The Labute approximate surface area is 90.8 Å². The first-order valence-corrected chi connectivity index (χ1v) is 5.44. The fourth-order valence-corrected chi connectivity index (χ4v) is 2.04. The first-order valence-electron chi connectivity index (χ1n) is 5.44. The number of benzene rings is 1. The first kappa shape index (κ1) is 10.3. The van der Waals surface area contributed by atoms with Crippen LogP contribution in [0.4, 0.5) is 5.69 Å². The highest BCUT2D eigenvalue weighted by Gasteiger charge is 2.16. The molecule has 0 spiro atoms. The molecule has 0 radical (unpaired) electrons. The number of nitrogens with two attached hydrogens (primary N) is 1. The molecule has 0 aliphatic carbocycles. The molecule has 1 heterocycles. The van der Waals surface area contributed by atoms with Crippen molar-refractivity contribution < 1.29 is 4.74 Å². The highest BCUT2D eigenvalue weighted by atomic mass is 16.5. The monoisotopic (exact) mass is 206 g/mol. The fraction of sp³-hybridized carbons (Fsp3) is 0.500. The molecule has 0 unspecified atom stereocenters. The van der Waals surface area contributed by atoms with E-state index in [9.17, 15) is 0 Å². The number of methoxy groups -OCH3 is 1. The second kappa shape index (κ2) is 4.53. The van der Waals surface area contributed by atoms with Crippen LogP contribution >= 0.6 is 0 Å². The average molecular weight is 206 g/mol. The van der Waals surface area contributed by atoms with E-state index >= 15 is 0 Å². The van der Waals surface area contributed by atoms with E-state index in [1.807, 2.05) is 12.1 Å². The lowest BCUT2D eigenvalue weighted by Crippen LogP contribution is -2.42. The van der Waals surface area contributed by atoms with Gasteiger partial charge in [0.05, 0.1) is 7.11 Å². The zero-order valence-corrected chi connectivity index (χ0v) is 9.15. The van der Waals surface area contributed by atoms with E-state index in [4.69, 9.17) is 10.5 Å². The number of anilines is 1. The second-order valence-corrected chi connectivity index (χ2v) is 4.05. The van der Waals surface area contributed by atoms with Gasteiger partial charge in [-0.1, -0.05) is 0 Å². The Morgan fingerprint density at radius 3 is 2.67 bits per heavy atom. The van der Waals surface area contributed by atoms with Gasteiger partial charge in [0.15, 0.2) is 0 Å². The lowest BCUT2D eigenvalue weighted by Gasteiger charge is -2.32. The predicted octanol–water partition coefficient (Wildman–Crippen LogP) is 1.62. The third-order valence-corrected chi connectivity index (χ3v) is 2.90. The van der Waals surface area contributed by atoms with Gasteiger partial charge in [0.1, 0.15) is 5.75 Å². The van der Waals surface area contributed by atoms with Crippen molar-refractivity contribution in [1.82, 2.24) is 0 Å². The highest BCUT2D eigenvalue weighted by molar-refractivity contribution is 5.49. The quantitative estimate of drug-likeness (QED) is 0.799. The second-order valence-electron chi connectivity index (χ2n) is 4.05. The number of ether oxygens (including phenoxy) is 1. The Kier molecular flexibility index (Phi) is 3.11. The van der Waals surface area contributed by atoms with E-state index in [1.54, 1.807) is 7.11 Å². The molecule has 0 amide bonds. The summed E-state index contributed by atoms with van der Waals surface area (Å²) < 4.78 is 5.13. The molecule has 0 bridgehead atoms. The molecule has 1 aliphatic heterocycles. The topological polar surface area (TPSA) is 38.5 Å². The molecule has 3 nitrogen and oxygen atoms in total. The Hall–Kier alpha value is -1.22. The molecule has 1 atom stereocenters. The van der Waals surface area contributed by atoms with Gasteiger partial charge in [0.25, 0.3) is 0 Å². The standard InChI is InChI=1S/C12H18N2O/c1-15-12-6-4-11(5-7-12)14-8-2-3-10(13)9-14/h4-7,10H,2-3,8-9,13H2,1H3/t10-/m0/s1. The van der Waals surface area contributed by atoms with Gasteiger partial charge in [-0.15, -0.1) is 0 Å². The number of nitrogens with zero attached hydrogens (tertiary/aromatic N) is 1. The van der Waals surface area contributed by atoms with E-state index in [0.717, 1.165) is 25.3 Å². The van der Waals surface area contributed by atoms with Crippen LogP contribution in [0, 0.1) is 0 Å². The van der Waals surface area contributed by atoms with E-state index in [0.29, 0.717) is 6.04 Å². The Bertz CT molecular complexity index is 310. The molecule has 0 saturated carbocycles. The van der Waals surface area contributed by atoms with E-state index < -0.39 is 0 Å². The highest BCUT2D eigenvalue weighted by Crippen LogP contribution is 2.22. The normalized spacial score (nSPS) is 21.5. The molecule has 1 aromatic rings. The molecule has 2 N–H and O–H groups in total. The number of rotatable bonds is 2. The fourth-order valence-electron chi connectivity index (χ4n) is 2.04. The van der Waals surface area contributed by atoms with Crippen molar-refractivity contribution in [1.29, 1.82) is 0 Å². The van der Waals surface area contributed by atoms with Gasteiger partial charge in [-0.2, -0.15) is 0 Å². The number of hydrogen-bond donors (Lipinski definition) is 1. The summed E-state index contributed by atoms with van der Waals surface area (Å²) in [7, 11) is 1.69. The SMILES string of the molecule is COc1ccc(N2CCC[C@H](N)C2)cc1. The summed E-state index contributed by atoms with van der Waals surface area (Å²) in [4.78, 5) is 2.34. The minimum Gasteiger partial charge on any atom is -0.497 e. The summed E-state index contributed by atoms with van der Waals surface area (Å²) in [6.45, 7) is 2.08. The van der Waals surface area contributed by atoms with Crippen LogP contribution in [0.5, 0.6) is 5.75 Å². The molecule has 0 aromatic heterocycles. The number of hydrogen-bond acceptors (Lipinski definition) is 3. The molecule has 82 valence electrons. The van der Waals surface area contributed by atoms with Gasteiger partial charge in [-0.05, 0) is 37.1 Å². The molecule has 1 saturated heterocycles. The van der Waals surface area contributed by atoms with Gasteiger partial charge in [0, 0.05) is 24.8 Å². The molecule has 1 aliphatic rings. The van der Waals surface area contributed by atoms with E-state index in [-0.39, 0.29) is 0 Å². The van der Waals surface area contributed by atoms with Crippen LogP contribution in [0.15, 0.2) is 24.3 Å². The van der Waals surface area contributed by atoms with Gasteiger partial charge in [-0.3, -0.25) is 0 Å². The average Bonchev–Trinajstić information content (AvgIpc) is 2.29. The van der Waals surface area contributed by atoms with Crippen molar-refractivity contribution in [2.24, 2.45) is 5.73 Å². The van der Waals surface area contributed by atoms with Crippen molar-refractivity contribution in [3.05, 3.63) is 24.3 Å². The van der Waals surface area contributed by atoms with Gasteiger partial charge in [0.2, 0.25) is 0 Å². The number of piperidine rings is 1. The molecule has 3 heteroatoms. The van der Waals surface area contributed by atoms with Crippen molar-refractivity contribution in [2.75, 3.05) is 25.1 Å². The maximum Gasteiger partial charge on any atom is 0.119 e. The third-order valence-electron chi connectivity index (χ3n) is 2.90. The molecule has 2 rings (SSSR count). The van der Waals surface area contributed by atoms with E-state index in [2.05, 4.69) is 17.0 Å². The molecular formula is C12H18N2O. The van der Waals surface area contributed by atoms with Gasteiger partial charge >= 0.3 is 0 Å². The summed E-state index contributed by atoms with van der Waals surface area (Å²) in [5.41, 5.74) is 7.19. The van der Waals surface area contributed by atoms with Gasteiger partial charge in [-0.25, -0.2) is 0 Å². The van der Waals surface area contributed by atoms with Crippen molar-refractivity contribution >= 4 is 5.69 Å². The molecule has 15 heavy (non-hydrogen) atoms. The van der Waals surface area contributed by atoms with Crippen LogP contribution in [0.2, 0.25) is 0 Å². The minimum atomic E-state index is 0.320. The maximum atomic E-state index is 5.95. The summed E-state index contributed by atoms with van der Waals surface area (Å²) in [5.74, 6) is 0.903. The van der Waals surface area contributed by atoms with Crippen LogP contribution in [-0.4, -0.2) is 26.2 Å². The first-order chi connectivity index (χ1) is 7.29. The molecule has 1 fully saturated rings. The maximum absolute atomic E-state index is 5.95. The minimum absolute atomic E-state index is 0.320. The van der Waals surface area contributed by atoms with Gasteiger partial charge < -0.3 is 15.4 Å². The van der Waals surface area contributed by atoms with Crippen molar-refractivity contribution in [3.8, 4) is 5.75 Å². The third kappa shape index (κ3) is 2.42. The Morgan fingerprint density at radius 1 is 1.33 bits per heavy atom. The lowest BCUT2D eigenvalue weighted by atomic mass is 10.1. The smallest absolute Gasteiger partial charge is 0.119 e. The predicted molar refractivity (Wildman–Crippen MR) is 62.4 cm³/mol. The summed E-state index contributed by atoms with van der Waals surface area (Å²) in [6, 6.07) is 8.50. The van der Waals surface area contributed by atoms with E-state index in [1.165, 1.54) is 12.1 Å². The summed E-state index contributed by atoms with van der Waals surface area (Å²) >= 11 is 0. The van der Waals surface area contributed by atoms with Crippen LogP contribution in [0.25, 0.3) is 0 Å².